The molecular formula is C14H16N2OS. The molecule has 0 aromatic heterocycles. The van der Waals surface area contributed by atoms with Crippen LogP contribution in [0.3, 0.4) is 0 Å². The van der Waals surface area contributed by atoms with Crippen LogP contribution >= 0.6 is 11.8 Å². The number of hydrogen-bond donors (Lipinski definition) is 2. The summed E-state index contributed by atoms with van der Waals surface area (Å²) in [7, 11) is 0. The number of rotatable bonds is 6. The third-order valence-electron chi connectivity index (χ3n) is 2.18. The van der Waals surface area contributed by atoms with Crippen LogP contribution in [0.5, 0.6) is 0 Å². The van der Waals surface area contributed by atoms with E-state index < -0.39 is 6.04 Å². The Hall–Kier alpha value is -1.70. The number of thioether (sulfide) groups is 1. The van der Waals surface area contributed by atoms with E-state index in [1.165, 1.54) is 0 Å². The summed E-state index contributed by atoms with van der Waals surface area (Å²) in [6.45, 7) is 3.67. The monoisotopic (exact) mass is 260 g/mol. The van der Waals surface area contributed by atoms with Gasteiger partial charge in [-0.05, 0) is 12.1 Å². The standard InChI is InChI=1S/C14H16N2OS/c1-3-7-11(15)14(17)16-12-8-5-6-9-13(12)18-10-4-2/h1,4-6,8-9,11H,2,7,10,15H2,(H,16,17). The van der Waals surface area contributed by atoms with E-state index in [2.05, 4.69) is 17.8 Å². The molecule has 0 aliphatic carbocycles. The van der Waals surface area contributed by atoms with Crippen LogP contribution < -0.4 is 11.1 Å². The number of hydrogen-bond acceptors (Lipinski definition) is 3. The Kier molecular flexibility index (Phi) is 6.06. The number of benzene rings is 1. The molecule has 3 N–H and O–H groups in total. The van der Waals surface area contributed by atoms with Crippen molar-refractivity contribution in [3.63, 3.8) is 0 Å². The van der Waals surface area contributed by atoms with Gasteiger partial charge < -0.3 is 11.1 Å². The van der Waals surface area contributed by atoms with Crippen molar-refractivity contribution >= 4 is 23.4 Å². The Morgan fingerprint density at radius 2 is 2.33 bits per heavy atom. The highest BCUT2D eigenvalue weighted by molar-refractivity contribution is 7.99. The van der Waals surface area contributed by atoms with Crippen molar-refractivity contribution in [2.24, 2.45) is 5.73 Å². The molecule has 18 heavy (non-hydrogen) atoms. The SMILES string of the molecule is C#CCC(N)C(=O)Nc1ccccc1SCC=C. The summed E-state index contributed by atoms with van der Waals surface area (Å²) in [4.78, 5) is 12.8. The van der Waals surface area contributed by atoms with Crippen LogP contribution in [0.15, 0.2) is 41.8 Å². The van der Waals surface area contributed by atoms with Crippen molar-refractivity contribution < 1.29 is 4.79 Å². The van der Waals surface area contributed by atoms with Crippen molar-refractivity contribution in [1.82, 2.24) is 0 Å². The van der Waals surface area contributed by atoms with Crippen LogP contribution in [0.4, 0.5) is 5.69 Å². The second-order valence-corrected chi connectivity index (χ2v) is 4.66. The van der Waals surface area contributed by atoms with Gasteiger partial charge in [0.25, 0.3) is 0 Å². The van der Waals surface area contributed by atoms with Crippen LogP contribution in [0.25, 0.3) is 0 Å². The molecule has 0 radical (unpaired) electrons. The van der Waals surface area contributed by atoms with Gasteiger partial charge in [-0.3, -0.25) is 4.79 Å². The molecule has 1 amide bonds. The van der Waals surface area contributed by atoms with Gasteiger partial charge in [0.15, 0.2) is 0 Å². The van der Waals surface area contributed by atoms with E-state index >= 15 is 0 Å². The van der Waals surface area contributed by atoms with E-state index in [-0.39, 0.29) is 12.3 Å². The molecular weight excluding hydrogens is 244 g/mol. The Morgan fingerprint density at radius 3 is 3.00 bits per heavy atom. The lowest BCUT2D eigenvalue weighted by molar-refractivity contribution is -0.117. The maximum absolute atomic E-state index is 11.8. The maximum atomic E-state index is 11.8. The molecule has 94 valence electrons. The summed E-state index contributed by atoms with van der Waals surface area (Å²) in [5.41, 5.74) is 6.40. The smallest absolute Gasteiger partial charge is 0.242 e. The second-order valence-electron chi connectivity index (χ2n) is 3.60. The number of nitrogens with one attached hydrogen (secondary N) is 1. The molecule has 1 atom stereocenters. The summed E-state index contributed by atoms with van der Waals surface area (Å²) >= 11 is 1.60. The molecule has 0 saturated heterocycles. The molecule has 0 spiro atoms. The van der Waals surface area contributed by atoms with E-state index in [1.807, 2.05) is 30.3 Å². The van der Waals surface area contributed by atoms with E-state index in [0.717, 1.165) is 16.3 Å². The number of nitrogens with two attached hydrogens (primary N) is 1. The van der Waals surface area contributed by atoms with Gasteiger partial charge in [-0.25, -0.2) is 0 Å². The summed E-state index contributed by atoms with van der Waals surface area (Å²) in [6.07, 6.45) is 7.17. The third-order valence-corrected chi connectivity index (χ3v) is 3.25. The van der Waals surface area contributed by atoms with Gasteiger partial charge in [-0.1, -0.05) is 18.2 Å². The molecule has 1 rings (SSSR count). The minimum atomic E-state index is -0.674. The molecule has 1 aromatic rings. The highest BCUT2D eigenvalue weighted by Gasteiger charge is 2.13. The average Bonchev–Trinajstić information content (AvgIpc) is 2.38. The zero-order valence-corrected chi connectivity index (χ0v) is 10.9. The third kappa shape index (κ3) is 4.28. The Balaban J connectivity index is 2.74. The van der Waals surface area contributed by atoms with E-state index in [4.69, 9.17) is 12.2 Å². The van der Waals surface area contributed by atoms with Crippen LogP contribution in [0, 0.1) is 12.3 Å². The van der Waals surface area contributed by atoms with Crippen LogP contribution in [0.2, 0.25) is 0 Å². The molecule has 1 unspecified atom stereocenters. The fraction of sp³-hybridized carbons (Fsp3) is 0.214. The summed E-state index contributed by atoms with van der Waals surface area (Å²) < 4.78 is 0. The number of para-hydroxylation sites is 1. The Bertz CT molecular complexity index is 465. The van der Waals surface area contributed by atoms with Gasteiger partial charge >= 0.3 is 0 Å². The lowest BCUT2D eigenvalue weighted by Gasteiger charge is -2.12. The van der Waals surface area contributed by atoms with Crippen molar-refractivity contribution in [3.05, 3.63) is 36.9 Å². The van der Waals surface area contributed by atoms with Gasteiger partial charge in [0.05, 0.1) is 11.7 Å². The highest BCUT2D eigenvalue weighted by atomic mass is 32.2. The number of terminal acetylenes is 1. The van der Waals surface area contributed by atoms with Gasteiger partial charge in [0, 0.05) is 17.1 Å². The molecule has 3 nitrogen and oxygen atoms in total. The number of anilines is 1. The lowest BCUT2D eigenvalue weighted by atomic mass is 10.2. The fourth-order valence-corrected chi connectivity index (χ4v) is 2.04. The first kappa shape index (κ1) is 14.4. The highest BCUT2D eigenvalue weighted by Crippen LogP contribution is 2.26. The van der Waals surface area contributed by atoms with E-state index in [0.29, 0.717) is 0 Å². The molecule has 0 heterocycles. The van der Waals surface area contributed by atoms with Crippen molar-refractivity contribution in [1.29, 1.82) is 0 Å². The van der Waals surface area contributed by atoms with Gasteiger partial charge in [-0.2, -0.15) is 0 Å². The van der Waals surface area contributed by atoms with Gasteiger partial charge in [0.1, 0.15) is 0 Å². The first-order valence-electron chi connectivity index (χ1n) is 5.51. The van der Waals surface area contributed by atoms with Crippen molar-refractivity contribution in [2.75, 3.05) is 11.1 Å². The largest absolute Gasteiger partial charge is 0.324 e. The number of carbonyl (C=O) groups is 1. The van der Waals surface area contributed by atoms with Crippen LogP contribution in [-0.4, -0.2) is 17.7 Å². The molecule has 1 aromatic carbocycles. The first-order valence-corrected chi connectivity index (χ1v) is 6.50. The van der Waals surface area contributed by atoms with E-state index in [9.17, 15) is 4.79 Å². The van der Waals surface area contributed by atoms with E-state index in [1.54, 1.807) is 11.8 Å². The summed E-state index contributed by atoms with van der Waals surface area (Å²) in [5.74, 6) is 2.90. The summed E-state index contributed by atoms with van der Waals surface area (Å²) in [5, 5.41) is 2.79. The molecule has 0 bridgehead atoms. The predicted molar refractivity (Wildman–Crippen MR) is 77.4 cm³/mol. The van der Waals surface area contributed by atoms with Gasteiger partial charge in [-0.15, -0.1) is 30.7 Å². The van der Waals surface area contributed by atoms with Crippen molar-refractivity contribution in [3.8, 4) is 12.3 Å². The zero-order chi connectivity index (χ0) is 13.4. The van der Waals surface area contributed by atoms with Gasteiger partial charge in [0.2, 0.25) is 5.91 Å². The summed E-state index contributed by atoms with van der Waals surface area (Å²) in [6, 6.07) is 6.89. The normalized spacial score (nSPS) is 11.3. The molecule has 0 fully saturated rings. The first-order chi connectivity index (χ1) is 8.69. The van der Waals surface area contributed by atoms with Crippen molar-refractivity contribution in [2.45, 2.75) is 17.4 Å². The molecule has 0 aliphatic rings. The second kappa shape index (κ2) is 7.59. The maximum Gasteiger partial charge on any atom is 0.242 e. The Morgan fingerprint density at radius 1 is 1.61 bits per heavy atom. The molecule has 0 aliphatic heterocycles. The molecule has 4 heteroatoms. The molecule has 0 saturated carbocycles. The predicted octanol–water partition coefficient (Wildman–Crippen LogP) is 2.25. The minimum Gasteiger partial charge on any atom is -0.324 e. The minimum absolute atomic E-state index is 0.230. The fourth-order valence-electron chi connectivity index (χ4n) is 1.29. The lowest BCUT2D eigenvalue weighted by Crippen LogP contribution is -2.35. The van der Waals surface area contributed by atoms with Crippen LogP contribution in [0.1, 0.15) is 6.42 Å². The number of carbonyl (C=O) groups excluding carboxylic acids is 1. The quantitative estimate of drug-likeness (QED) is 0.468. The average molecular weight is 260 g/mol. The topological polar surface area (TPSA) is 55.1 Å². The van der Waals surface area contributed by atoms with Crippen LogP contribution in [-0.2, 0) is 4.79 Å². The Labute approximate surface area is 112 Å². The zero-order valence-electron chi connectivity index (χ0n) is 10.1. The number of amides is 1.